The van der Waals surface area contributed by atoms with Crippen molar-refractivity contribution in [3.05, 3.63) is 0 Å². The lowest BCUT2D eigenvalue weighted by Crippen LogP contribution is -2.38. The van der Waals surface area contributed by atoms with Gasteiger partial charge >= 0.3 is 5.97 Å². The van der Waals surface area contributed by atoms with Crippen LogP contribution in [0.2, 0.25) is 0 Å². The van der Waals surface area contributed by atoms with Crippen molar-refractivity contribution >= 4 is 16.0 Å². The summed E-state index contributed by atoms with van der Waals surface area (Å²) in [5, 5.41) is 8.73. The smallest absolute Gasteiger partial charge is 0.304 e. The van der Waals surface area contributed by atoms with Crippen LogP contribution in [-0.2, 0) is 14.8 Å². The molecular formula is C12H25NO4S. The van der Waals surface area contributed by atoms with Crippen molar-refractivity contribution < 1.29 is 18.3 Å². The highest BCUT2D eigenvalue weighted by Gasteiger charge is 2.22. The average Bonchev–Trinajstić information content (AvgIpc) is 2.12. The number of carbonyl (C=O) groups is 1. The first-order valence-corrected chi connectivity index (χ1v) is 7.93. The first-order valence-electron chi connectivity index (χ1n) is 6.27. The van der Waals surface area contributed by atoms with E-state index in [1.807, 2.05) is 27.7 Å². The Labute approximate surface area is 110 Å². The lowest BCUT2D eigenvalue weighted by molar-refractivity contribution is -0.137. The Bertz CT molecular complexity index is 357. The summed E-state index contributed by atoms with van der Waals surface area (Å²) in [4.78, 5) is 10.7. The number of hydrogen-bond donors (Lipinski definition) is 2. The van der Waals surface area contributed by atoms with Gasteiger partial charge in [-0.05, 0) is 18.3 Å². The summed E-state index contributed by atoms with van der Waals surface area (Å²) in [6, 6.07) is -0.502. The summed E-state index contributed by atoms with van der Waals surface area (Å²) in [6.07, 6.45) is 1.68. The third-order valence-corrected chi connectivity index (χ3v) is 3.96. The Kier molecular flexibility index (Phi) is 6.84. The summed E-state index contributed by atoms with van der Waals surface area (Å²) in [7, 11) is -3.40. The third kappa shape index (κ3) is 9.41. The van der Waals surface area contributed by atoms with Gasteiger partial charge in [-0.25, -0.2) is 13.1 Å². The first-order chi connectivity index (χ1) is 8.06. The van der Waals surface area contributed by atoms with E-state index in [4.69, 9.17) is 5.11 Å². The third-order valence-electron chi connectivity index (χ3n) is 2.53. The second-order valence-electron chi connectivity index (χ2n) is 5.83. The van der Waals surface area contributed by atoms with Gasteiger partial charge in [0, 0.05) is 6.04 Å². The van der Waals surface area contributed by atoms with Crippen LogP contribution >= 0.6 is 0 Å². The van der Waals surface area contributed by atoms with Gasteiger partial charge in [-0.2, -0.15) is 0 Å². The van der Waals surface area contributed by atoms with Gasteiger partial charge < -0.3 is 5.11 Å². The van der Waals surface area contributed by atoms with Gasteiger partial charge in [0.05, 0.1) is 12.2 Å². The van der Waals surface area contributed by atoms with Crippen LogP contribution in [0.1, 0.15) is 53.4 Å². The normalized spacial score (nSPS) is 14.4. The molecule has 0 saturated carbocycles. The molecule has 1 unspecified atom stereocenters. The van der Waals surface area contributed by atoms with Gasteiger partial charge in [-0.15, -0.1) is 0 Å². The molecule has 18 heavy (non-hydrogen) atoms. The van der Waals surface area contributed by atoms with Gasteiger partial charge in [-0.1, -0.05) is 34.1 Å². The average molecular weight is 279 g/mol. The molecule has 0 spiro atoms. The number of carboxylic acid groups (broad SMARTS) is 1. The minimum Gasteiger partial charge on any atom is -0.481 e. The Morgan fingerprint density at radius 2 is 1.89 bits per heavy atom. The maximum absolute atomic E-state index is 11.8. The molecule has 108 valence electrons. The van der Waals surface area contributed by atoms with Crippen LogP contribution in [0, 0.1) is 5.41 Å². The van der Waals surface area contributed by atoms with Crippen molar-refractivity contribution in [3.63, 3.8) is 0 Å². The molecule has 0 aliphatic rings. The molecule has 0 bridgehead atoms. The molecule has 0 aliphatic heterocycles. The van der Waals surface area contributed by atoms with Crippen LogP contribution in [0.4, 0.5) is 0 Å². The fourth-order valence-corrected chi connectivity index (χ4v) is 3.22. The summed E-state index contributed by atoms with van der Waals surface area (Å²) < 4.78 is 26.2. The summed E-state index contributed by atoms with van der Waals surface area (Å²) in [6.45, 7) is 7.83. The van der Waals surface area contributed by atoms with Gasteiger partial charge in [0.2, 0.25) is 10.0 Å². The van der Waals surface area contributed by atoms with Crippen LogP contribution in [0.25, 0.3) is 0 Å². The largest absolute Gasteiger partial charge is 0.481 e. The van der Waals surface area contributed by atoms with Gasteiger partial charge in [-0.3, -0.25) is 4.79 Å². The Morgan fingerprint density at radius 3 is 2.28 bits per heavy atom. The molecule has 5 nitrogen and oxygen atoms in total. The van der Waals surface area contributed by atoms with E-state index >= 15 is 0 Å². The first kappa shape index (κ1) is 17.4. The highest BCUT2D eigenvalue weighted by molar-refractivity contribution is 7.89. The van der Waals surface area contributed by atoms with E-state index in [0.29, 0.717) is 12.8 Å². The topological polar surface area (TPSA) is 83.5 Å². The van der Waals surface area contributed by atoms with Crippen molar-refractivity contribution in [2.75, 3.05) is 5.75 Å². The molecule has 6 heteroatoms. The zero-order valence-corrected chi connectivity index (χ0v) is 12.5. The van der Waals surface area contributed by atoms with E-state index in [9.17, 15) is 13.2 Å². The second-order valence-corrected chi connectivity index (χ2v) is 7.70. The van der Waals surface area contributed by atoms with E-state index in [1.165, 1.54) is 0 Å². The quantitative estimate of drug-likeness (QED) is 0.711. The zero-order valence-electron chi connectivity index (χ0n) is 11.7. The number of carboxylic acids is 1. The summed E-state index contributed by atoms with van der Waals surface area (Å²) in [5.74, 6) is -0.942. The maximum atomic E-state index is 11.8. The summed E-state index contributed by atoms with van der Waals surface area (Å²) in [5.41, 5.74) is -0.0538. The number of nitrogens with one attached hydrogen (secondary N) is 1. The van der Waals surface area contributed by atoms with E-state index < -0.39 is 22.0 Å². The molecule has 0 fully saturated rings. The highest BCUT2D eigenvalue weighted by Crippen LogP contribution is 2.19. The Hall–Kier alpha value is -0.620. The predicted molar refractivity (Wildman–Crippen MR) is 71.9 cm³/mol. The Morgan fingerprint density at radius 1 is 1.33 bits per heavy atom. The summed E-state index contributed by atoms with van der Waals surface area (Å²) >= 11 is 0. The van der Waals surface area contributed by atoms with Crippen LogP contribution in [0.15, 0.2) is 0 Å². The number of sulfonamides is 1. The van der Waals surface area contributed by atoms with Crippen molar-refractivity contribution in [3.8, 4) is 0 Å². The van der Waals surface area contributed by atoms with Crippen molar-refractivity contribution in [2.24, 2.45) is 5.41 Å². The molecule has 2 N–H and O–H groups in total. The molecule has 0 aromatic carbocycles. The molecule has 1 atom stereocenters. The van der Waals surface area contributed by atoms with E-state index in [0.717, 1.165) is 6.42 Å². The minimum atomic E-state index is -3.40. The standard InChI is InChI=1S/C12H25NO4S/c1-5-6-10(9-11(14)15)13-18(16,17)8-7-12(2,3)4/h10,13H,5-9H2,1-4H3,(H,14,15). The number of hydrogen-bond acceptors (Lipinski definition) is 3. The van der Waals surface area contributed by atoms with Crippen molar-refractivity contribution in [1.29, 1.82) is 0 Å². The second kappa shape index (κ2) is 7.09. The zero-order chi connectivity index (χ0) is 14.4. The molecule has 0 saturated heterocycles. The van der Waals surface area contributed by atoms with Crippen LogP contribution in [-0.4, -0.2) is 31.3 Å². The highest BCUT2D eigenvalue weighted by atomic mass is 32.2. The fraction of sp³-hybridized carbons (Fsp3) is 0.917. The molecular weight excluding hydrogens is 254 g/mol. The van der Waals surface area contributed by atoms with Crippen LogP contribution in [0.3, 0.4) is 0 Å². The van der Waals surface area contributed by atoms with Gasteiger partial charge in [0.25, 0.3) is 0 Å². The lowest BCUT2D eigenvalue weighted by Gasteiger charge is -2.20. The molecule has 0 heterocycles. The lowest BCUT2D eigenvalue weighted by atomic mass is 9.94. The molecule has 0 radical (unpaired) electrons. The van der Waals surface area contributed by atoms with Crippen molar-refractivity contribution in [2.45, 2.75) is 59.4 Å². The van der Waals surface area contributed by atoms with E-state index in [1.54, 1.807) is 0 Å². The van der Waals surface area contributed by atoms with Crippen molar-refractivity contribution in [1.82, 2.24) is 4.72 Å². The van der Waals surface area contributed by atoms with Gasteiger partial charge in [0.1, 0.15) is 0 Å². The molecule has 0 amide bonds. The maximum Gasteiger partial charge on any atom is 0.304 e. The predicted octanol–water partition coefficient (Wildman–Crippen LogP) is 1.99. The number of aliphatic carboxylic acids is 1. The van der Waals surface area contributed by atoms with E-state index in [2.05, 4.69) is 4.72 Å². The van der Waals surface area contributed by atoms with Gasteiger partial charge in [0.15, 0.2) is 0 Å². The molecule has 0 aliphatic carbocycles. The van der Waals surface area contributed by atoms with Crippen LogP contribution < -0.4 is 4.72 Å². The van der Waals surface area contributed by atoms with E-state index in [-0.39, 0.29) is 17.6 Å². The monoisotopic (exact) mass is 279 g/mol. The molecule has 0 rings (SSSR count). The number of rotatable bonds is 8. The van der Waals surface area contributed by atoms with Crippen LogP contribution in [0.5, 0.6) is 0 Å². The SMILES string of the molecule is CCCC(CC(=O)O)NS(=O)(=O)CCC(C)(C)C. The Balaban J connectivity index is 4.46. The minimum absolute atomic E-state index is 0.0380. The molecule has 0 aromatic heterocycles. The fourth-order valence-electron chi connectivity index (χ4n) is 1.52. The molecule has 0 aromatic rings.